The van der Waals surface area contributed by atoms with E-state index in [1.807, 2.05) is 0 Å². The van der Waals surface area contributed by atoms with Crippen molar-refractivity contribution in [2.75, 3.05) is 19.8 Å². The Morgan fingerprint density at radius 2 is 1.34 bits per heavy atom. The number of hydrogen-bond donors (Lipinski definition) is 4. The van der Waals surface area contributed by atoms with Gasteiger partial charge >= 0.3 is 23.9 Å². The van der Waals surface area contributed by atoms with Crippen molar-refractivity contribution in [1.29, 1.82) is 0 Å². The quantitative estimate of drug-likeness (QED) is 0.178. The number of aliphatic hydroxyl groups excluding tert-OH is 4. The van der Waals surface area contributed by atoms with E-state index in [1.54, 1.807) is 0 Å². The SMILES string of the molecule is CC(=O)OC[C@H]1O[C@H](O[C@]2(CO)O[C@H](CO)[C@@H](O)[C@@H]2O)[C@H](OC(C)=O)[C@@H](OC(C)=O)[C@@H]1OC(C)=O. The van der Waals surface area contributed by atoms with E-state index in [0.717, 1.165) is 27.7 Å². The highest BCUT2D eigenvalue weighted by molar-refractivity contribution is 5.68. The van der Waals surface area contributed by atoms with Crippen LogP contribution in [0, 0.1) is 0 Å². The third kappa shape index (κ3) is 6.84. The lowest BCUT2D eigenvalue weighted by Crippen LogP contribution is -2.65. The zero-order chi connectivity index (χ0) is 26.5. The van der Waals surface area contributed by atoms with Gasteiger partial charge in [-0.3, -0.25) is 19.2 Å². The van der Waals surface area contributed by atoms with Crippen LogP contribution < -0.4 is 0 Å². The van der Waals surface area contributed by atoms with E-state index >= 15 is 0 Å². The standard InChI is InChI=1S/C20H30O15/c1-8(23)29-6-13-15(30-9(2)24)16(31-10(3)25)17(32-11(4)26)19(33-13)35-20(7-22)18(28)14(27)12(5-21)34-20/h12-19,21-22,27-28H,5-7H2,1-4H3/t12-,13-,14-,15-,16+,17-,18+,19-,20+/m1/s1. The Bertz CT molecular complexity index is 786. The molecule has 15 heteroatoms. The maximum Gasteiger partial charge on any atom is 0.303 e. The Morgan fingerprint density at radius 3 is 1.80 bits per heavy atom. The third-order valence-electron chi connectivity index (χ3n) is 5.17. The van der Waals surface area contributed by atoms with Gasteiger partial charge in [0.1, 0.15) is 37.6 Å². The van der Waals surface area contributed by atoms with E-state index in [9.17, 15) is 39.6 Å². The molecule has 15 nitrogen and oxygen atoms in total. The lowest BCUT2D eigenvalue weighted by Gasteiger charge is -2.46. The highest BCUT2D eigenvalue weighted by Gasteiger charge is 2.60. The number of hydrogen-bond acceptors (Lipinski definition) is 15. The minimum Gasteiger partial charge on any atom is -0.463 e. The zero-order valence-electron chi connectivity index (χ0n) is 19.5. The van der Waals surface area contributed by atoms with E-state index in [1.165, 1.54) is 0 Å². The molecule has 2 fully saturated rings. The van der Waals surface area contributed by atoms with Crippen LogP contribution in [0.2, 0.25) is 0 Å². The molecule has 0 saturated carbocycles. The second-order valence-electron chi connectivity index (χ2n) is 7.93. The molecule has 0 bridgehead atoms. The molecular weight excluding hydrogens is 480 g/mol. The Balaban J connectivity index is 2.51. The van der Waals surface area contributed by atoms with Crippen LogP contribution in [0.25, 0.3) is 0 Å². The van der Waals surface area contributed by atoms with Gasteiger partial charge in [-0.2, -0.15) is 0 Å². The van der Waals surface area contributed by atoms with Crippen molar-refractivity contribution in [1.82, 2.24) is 0 Å². The number of ether oxygens (including phenoxy) is 7. The van der Waals surface area contributed by atoms with E-state index in [-0.39, 0.29) is 0 Å². The molecule has 2 rings (SSSR count). The summed E-state index contributed by atoms with van der Waals surface area (Å²) in [7, 11) is 0. The van der Waals surface area contributed by atoms with Gasteiger partial charge in [-0.1, -0.05) is 0 Å². The zero-order valence-corrected chi connectivity index (χ0v) is 19.5. The number of carbonyl (C=O) groups is 4. The molecule has 2 heterocycles. The summed E-state index contributed by atoms with van der Waals surface area (Å²) < 4.78 is 37.4. The fraction of sp³-hybridized carbons (Fsp3) is 0.800. The van der Waals surface area contributed by atoms with Crippen LogP contribution in [-0.2, 0) is 52.3 Å². The van der Waals surface area contributed by atoms with Crippen LogP contribution in [-0.4, -0.2) is 119 Å². The lowest BCUT2D eigenvalue weighted by molar-refractivity contribution is -0.384. The highest BCUT2D eigenvalue weighted by atomic mass is 16.8. The average Bonchev–Trinajstić information content (AvgIpc) is 3.00. The molecule has 0 spiro atoms. The van der Waals surface area contributed by atoms with Gasteiger partial charge in [0.2, 0.25) is 12.1 Å². The number of rotatable bonds is 9. The summed E-state index contributed by atoms with van der Waals surface area (Å²) in [5.74, 6) is -5.71. The molecule has 2 saturated heterocycles. The fourth-order valence-corrected chi connectivity index (χ4v) is 3.75. The van der Waals surface area contributed by atoms with Gasteiger partial charge in [-0.25, -0.2) is 0 Å². The van der Waals surface area contributed by atoms with E-state index in [0.29, 0.717) is 0 Å². The van der Waals surface area contributed by atoms with Crippen LogP contribution in [0.5, 0.6) is 0 Å². The van der Waals surface area contributed by atoms with Crippen molar-refractivity contribution in [3.63, 3.8) is 0 Å². The second-order valence-corrected chi connectivity index (χ2v) is 7.93. The van der Waals surface area contributed by atoms with Gasteiger partial charge in [-0.05, 0) is 0 Å². The molecule has 0 unspecified atom stereocenters. The van der Waals surface area contributed by atoms with Gasteiger partial charge in [0.15, 0.2) is 18.3 Å². The maximum absolute atomic E-state index is 11.9. The Morgan fingerprint density at radius 1 is 0.800 bits per heavy atom. The lowest BCUT2D eigenvalue weighted by atomic mass is 9.97. The smallest absolute Gasteiger partial charge is 0.303 e. The minimum atomic E-state index is -2.38. The summed E-state index contributed by atoms with van der Waals surface area (Å²) in [6, 6.07) is 0. The number of esters is 4. The van der Waals surface area contributed by atoms with Crippen LogP contribution in [0.1, 0.15) is 27.7 Å². The number of aliphatic hydroxyl groups is 4. The Kier molecular flexibility index (Phi) is 9.91. The van der Waals surface area contributed by atoms with E-state index < -0.39 is 98.5 Å². The molecule has 4 N–H and O–H groups in total. The van der Waals surface area contributed by atoms with Crippen molar-refractivity contribution in [2.24, 2.45) is 0 Å². The molecule has 200 valence electrons. The van der Waals surface area contributed by atoms with Gasteiger partial charge in [-0.15, -0.1) is 0 Å². The molecule has 0 aromatic carbocycles. The predicted molar refractivity (Wildman–Crippen MR) is 107 cm³/mol. The van der Waals surface area contributed by atoms with Crippen molar-refractivity contribution < 1.29 is 72.8 Å². The molecule has 0 aliphatic carbocycles. The molecule has 9 atom stereocenters. The maximum atomic E-state index is 11.9. The van der Waals surface area contributed by atoms with Crippen LogP contribution in [0.4, 0.5) is 0 Å². The van der Waals surface area contributed by atoms with Crippen LogP contribution >= 0.6 is 0 Å². The van der Waals surface area contributed by atoms with E-state index in [4.69, 9.17) is 33.2 Å². The predicted octanol–water partition coefficient (Wildman–Crippen LogP) is -3.11. The summed E-state index contributed by atoms with van der Waals surface area (Å²) in [6.07, 6.45) is -12.8. The first-order chi connectivity index (χ1) is 16.3. The third-order valence-corrected chi connectivity index (χ3v) is 5.17. The van der Waals surface area contributed by atoms with Gasteiger partial charge in [0.25, 0.3) is 0 Å². The number of carbonyl (C=O) groups excluding carboxylic acids is 4. The van der Waals surface area contributed by atoms with Crippen LogP contribution in [0.3, 0.4) is 0 Å². The molecule has 2 aliphatic heterocycles. The second kappa shape index (κ2) is 12.0. The monoisotopic (exact) mass is 510 g/mol. The van der Waals surface area contributed by atoms with Gasteiger partial charge in [0.05, 0.1) is 6.61 Å². The summed E-state index contributed by atoms with van der Waals surface area (Å²) in [4.78, 5) is 46.9. The minimum absolute atomic E-state index is 0.533. The Labute approximate surface area is 199 Å². The van der Waals surface area contributed by atoms with Crippen molar-refractivity contribution in [3.05, 3.63) is 0 Å². The molecule has 35 heavy (non-hydrogen) atoms. The van der Waals surface area contributed by atoms with Crippen LogP contribution in [0.15, 0.2) is 0 Å². The molecule has 0 aromatic rings. The fourth-order valence-electron chi connectivity index (χ4n) is 3.75. The highest BCUT2D eigenvalue weighted by Crippen LogP contribution is 2.38. The largest absolute Gasteiger partial charge is 0.463 e. The van der Waals surface area contributed by atoms with Gasteiger partial charge in [0, 0.05) is 27.7 Å². The normalized spacial score (nSPS) is 36.8. The van der Waals surface area contributed by atoms with Crippen molar-refractivity contribution in [2.45, 2.75) is 82.5 Å². The molecule has 2 aliphatic rings. The summed E-state index contributed by atoms with van der Waals surface area (Å²) in [5, 5.41) is 40.0. The molecule has 0 amide bonds. The van der Waals surface area contributed by atoms with Gasteiger partial charge < -0.3 is 53.6 Å². The molecule has 0 radical (unpaired) electrons. The molecular formula is C20H30O15. The summed E-state index contributed by atoms with van der Waals surface area (Å²) in [6.45, 7) is 1.86. The topological polar surface area (TPSA) is 214 Å². The van der Waals surface area contributed by atoms with E-state index in [2.05, 4.69) is 0 Å². The first-order valence-corrected chi connectivity index (χ1v) is 10.6. The van der Waals surface area contributed by atoms with Crippen molar-refractivity contribution in [3.8, 4) is 0 Å². The average molecular weight is 510 g/mol. The van der Waals surface area contributed by atoms with Crippen molar-refractivity contribution >= 4 is 23.9 Å². The first kappa shape index (κ1) is 28.8. The first-order valence-electron chi connectivity index (χ1n) is 10.6. The summed E-state index contributed by atoms with van der Waals surface area (Å²) >= 11 is 0. The molecule has 0 aromatic heterocycles. The summed E-state index contributed by atoms with van der Waals surface area (Å²) in [5.41, 5.74) is 0. The Hall–Kier alpha value is -2.40.